The smallest absolute Gasteiger partial charge is 0.410 e. The van der Waals surface area contributed by atoms with Crippen molar-refractivity contribution in [2.45, 2.75) is 68.2 Å². The molecule has 17 nitrogen and oxygen atoms in total. The number of hydrogen-bond donors (Lipinski definition) is 1. The predicted octanol–water partition coefficient (Wildman–Crippen LogP) is 4.22. The molecule has 2 saturated heterocycles. The first kappa shape index (κ1) is 36.5. The van der Waals surface area contributed by atoms with Crippen LogP contribution in [0.2, 0.25) is 0 Å². The second kappa shape index (κ2) is 14.5. The van der Waals surface area contributed by atoms with Gasteiger partial charge >= 0.3 is 12.1 Å². The van der Waals surface area contributed by atoms with Crippen molar-refractivity contribution in [3.63, 3.8) is 0 Å². The number of piperidine rings is 1. The largest absolute Gasteiger partial charge is 0.456 e. The maximum absolute atomic E-state index is 13.8. The molecule has 1 aromatic heterocycles. The van der Waals surface area contributed by atoms with Gasteiger partial charge in [-0.05, 0) is 60.7 Å². The van der Waals surface area contributed by atoms with Crippen molar-refractivity contribution in [2.24, 2.45) is 11.8 Å². The van der Waals surface area contributed by atoms with E-state index in [0.29, 0.717) is 47.7 Å². The van der Waals surface area contributed by atoms with E-state index in [4.69, 9.17) is 9.47 Å². The summed E-state index contributed by atoms with van der Waals surface area (Å²) in [7, 11) is 0. The Morgan fingerprint density at radius 3 is 2.11 bits per heavy atom. The van der Waals surface area contributed by atoms with E-state index in [1.54, 1.807) is 9.47 Å². The number of amides is 2. The average Bonchev–Trinajstić information content (AvgIpc) is 3.81. The molecule has 3 aromatic rings. The topological polar surface area (TPSA) is 218 Å². The number of hydrogen-bond acceptors (Lipinski definition) is 13. The number of fused-ring (bicyclic) bond motifs is 2. The van der Waals surface area contributed by atoms with Crippen molar-refractivity contribution in [1.29, 1.82) is 0 Å². The van der Waals surface area contributed by atoms with E-state index in [0.717, 1.165) is 5.69 Å². The Hall–Kier alpha value is -5.84. The van der Waals surface area contributed by atoms with Crippen LogP contribution in [-0.2, 0) is 37.1 Å². The number of esters is 1. The van der Waals surface area contributed by atoms with Crippen molar-refractivity contribution in [1.82, 2.24) is 19.4 Å². The summed E-state index contributed by atoms with van der Waals surface area (Å²) in [6.45, 7) is 3.87. The minimum atomic E-state index is -0.981. The van der Waals surface area contributed by atoms with Crippen molar-refractivity contribution in [2.75, 3.05) is 13.1 Å². The Balaban J connectivity index is 1.07. The minimum Gasteiger partial charge on any atom is -0.456 e. The third-order valence-electron chi connectivity index (χ3n) is 10.5. The van der Waals surface area contributed by atoms with Crippen molar-refractivity contribution in [3.05, 3.63) is 103 Å². The number of nitro groups is 2. The zero-order valence-corrected chi connectivity index (χ0v) is 29.8. The van der Waals surface area contributed by atoms with Gasteiger partial charge in [0.25, 0.3) is 11.4 Å². The number of carbonyl (C=O) groups excluding carboxylic acids is 4. The Morgan fingerprint density at radius 1 is 1.00 bits per heavy atom. The Kier molecular flexibility index (Phi) is 9.83. The molecule has 0 aliphatic carbocycles. The van der Waals surface area contributed by atoms with Crippen LogP contribution in [0.3, 0.4) is 0 Å². The van der Waals surface area contributed by atoms with Gasteiger partial charge in [-0.2, -0.15) is 0 Å². The number of rotatable bonds is 10. The number of carbonyl (C=O) groups is 3. The first-order valence-electron chi connectivity index (χ1n) is 17.2. The number of non-ortho nitro benzene ring substituents is 2. The Morgan fingerprint density at radius 2 is 1.57 bits per heavy atom. The van der Waals surface area contributed by atoms with Crippen LogP contribution >= 0.6 is 11.8 Å². The van der Waals surface area contributed by atoms with Gasteiger partial charge in [0.15, 0.2) is 0 Å². The van der Waals surface area contributed by atoms with E-state index in [-0.39, 0.29) is 41.9 Å². The monoisotopic (exact) mass is 758 g/mol. The Bertz CT molecular complexity index is 2120. The summed E-state index contributed by atoms with van der Waals surface area (Å²) in [5, 5.41) is 32.4. The fourth-order valence-corrected chi connectivity index (χ4v) is 9.23. The molecule has 280 valence electrons. The van der Waals surface area contributed by atoms with Crippen LogP contribution in [0.1, 0.15) is 49.4 Å². The normalized spacial score (nSPS) is 22.6. The van der Waals surface area contributed by atoms with Crippen LogP contribution in [0.15, 0.2) is 71.2 Å². The van der Waals surface area contributed by atoms with E-state index in [1.165, 1.54) is 78.4 Å². The lowest BCUT2D eigenvalue weighted by atomic mass is 9.77. The number of likely N-dealkylation sites (tertiary alicyclic amines) is 1. The molecule has 0 radical (unpaired) electrons. The van der Waals surface area contributed by atoms with E-state index in [2.05, 4.69) is 4.98 Å². The van der Waals surface area contributed by atoms with E-state index in [9.17, 15) is 44.5 Å². The maximum Gasteiger partial charge on any atom is 0.410 e. The molecule has 2 aromatic carbocycles. The first-order chi connectivity index (χ1) is 25.9. The van der Waals surface area contributed by atoms with Crippen molar-refractivity contribution < 1.29 is 43.6 Å². The van der Waals surface area contributed by atoms with Crippen LogP contribution in [-0.4, -0.2) is 88.7 Å². The number of aromatic nitrogens is 2. The van der Waals surface area contributed by atoms with E-state index < -0.39 is 57.0 Å². The molecule has 18 heteroatoms. The molecule has 7 rings (SSSR count). The number of nitro benzene ring substituents is 2. The van der Waals surface area contributed by atoms with Gasteiger partial charge in [-0.3, -0.25) is 29.6 Å². The molecule has 1 N–H and O–H groups in total. The fraction of sp³-hybridized carbons (Fsp3) is 0.389. The number of imidazole rings is 1. The SMILES string of the molecule is C[C@@H](O)[C@H]1C(=O)N2C(C(=O)OCc3ccc([N+](=O)[O-])cc3)=C(C3Sc4c(C5CCN(C(=O)OCc6ccc([N+](=O)[O-])cc6)CC5)ncn4C3=C=O)[C@H](C)[C@H]12. The van der Waals surface area contributed by atoms with Gasteiger partial charge < -0.3 is 24.4 Å². The summed E-state index contributed by atoms with van der Waals surface area (Å²) in [5.41, 5.74) is 2.36. The highest BCUT2D eigenvalue weighted by atomic mass is 32.2. The predicted molar refractivity (Wildman–Crippen MR) is 189 cm³/mol. The van der Waals surface area contributed by atoms with Crippen LogP contribution in [0.4, 0.5) is 16.2 Å². The lowest BCUT2D eigenvalue weighted by Gasteiger charge is -2.46. The third-order valence-corrected chi connectivity index (χ3v) is 11.8. The van der Waals surface area contributed by atoms with Gasteiger partial charge in [0.2, 0.25) is 5.91 Å². The molecule has 0 saturated carbocycles. The quantitative estimate of drug-likeness (QED) is 0.101. The van der Waals surface area contributed by atoms with Gasteiger partial charge in [-0.25, -0.2) is 19.4 Å². The summed E-state index contributed by atoms with van der Waals surface area (Å²) >= 11 is 1.32. The highest BCUT2D eigenvalue weighted by Gasteiger charge is 2.62. The highest BCUT2D eigenvalue weighted by Crippen LogP contribution is 2.55. The molecule has 2 fully saturated rings. The fourth-order valence-electron chi connectivity index (χ4n) is 7.68. The standard InChI is InChI=1S/C36H34N6O11S/c1-19-27(31(40-30(19)28(20(2)44)33(40)45)35(46)52-16-21-3-7-24(8-4-21)41(48)49)32-26(15-43)39-18-37-29(34(39)54-32)23-11-13-38(14-12-23)36(47)53-17-22-5-9-25(10-6-22)42(50)51/h3-10,18-20,23,28,30,32,44H,11-14,16-17H2,1-2H3/t19-,20+,28+,30+,32?/m0/s1. The van der Waals surface area contributed by atoms with Crippen LogP contribution < -0.4 is 0 Å². The number of thioether (sulfide) groups is 1. The molecule has 1 unspecified atom stereocenters. The van der Waals surface area contributed by atoms with Crippen molar-refractivity contribution in [3.8, 4) is 0 Å². The van der Waals surface area contributed by atoms with E-state index >= 15 is 0 Å². The lowest BCUT2D eigenvalue weighted by Crippen LogP contribution is -2.63. The molecule has 0 bridgehead atoms. The number of nitrogens with zero attached hydrogens (tertiary/aromatic N) is 6. The molecule has 0 spiro atoms. The molecule has 5 atom stereocenters. The first-order valence-corrected chi connectivity index (χ1v) is 18.1. The number of β-lactam (4-membered cyclic amide) rings is 1. The van der Waals surface area contributed by atoms with Crippen LogP contribution in [0.25, 0.3) is 5.70 Å². The summed E-state index contributed by atoms with van der Waals surface area (Å²) in [6, 6.07) is 10.8. The summed E-state index contributed by atoms with van der Waals surface area (Å²) in [4.78, 5) is 81.2. The zero-order chi connectivity index (χ0) is 38.4. The minimum absolute atomic E-state index is 0.00219. The number of ether oxygens (including phenoxy) is 2. The van der Waals surface area contributed by atoms with Gasteiger partial charge in [0.05, 0.1) is 38.9 Å². The summed E-state index contributed by atoms with van der Waals surface area (Å²) < 4.78 is 12.7. The number of aliphatic hydroxyl groups is 1. The second-order valence-corrected chi connectivity index (χ2v) is 14.7. The second-order valence-electron chi connectivity index (χ2n) is 13.6. The molecule has 2 amide bonds. The van der Waals surface area contributed by atoms with Crippen LogP contribution in [0.5, 0.6) is 0 Å². The molecule has 5 heterocycles. The lowest BCUT2D eigenvalue weighted by molar-refractivity contribution is -0.385. The molecule has 4 aliphatic heterocycles. The van der Waals surface area contributed by atoms with Gasteiger partial charge in [-0.15, -0.1) is 0 Å². The number of aliphatic hydroxyl groups excluding tert-OH is 1. The molecular weight excluding hydrogens is 724 g/mol. The number of benzene rings is 2. The van der Waals surface area contributed by atoms with Gasteiger partial charge in [-0.1, -0.05) is 18.7 Å². The van der Waals surface area contributed by atoms with E-state index in [1.807, 2.05) is 12.9 Å². The zero-order valence-electron chi connectivity index (χ0n) is 29.0. The molecular formula is C36H34N6O11S. The van der Waals surface area contributed by atoms with Gasteiger partial charge in [0, 0.05) is 49.2 Å². The molecule has 54 heavy (non-hydrogen) atoms. The maximum atomic E-state index is 13.8. The Labute approximate surface area is 311 Å². The summed E-state index contributed by atoms with van der Waals surface area (Å²) in [5.74, 6) is -0.457. The van der Waals surface area contributed by atoms with Crippen molar-refractivity contribution >= 4 is 52.7 Å². The average molecular weight is 759 g/mol. The summed E-state index contributed by atoms with van der Waals surface area (Å²) in [6.07, 6.45) is 1.16. The van der Waals surface area contributed by atoms with Crippen LogP contribution in [0, 0.1) is 32.1 Å². The third kappa shape index (κ3) is 6.41. The highest BCUT2D eigenvalue weighted by molar-refractivity contribution is 8.00. The molecule has 4 aliphatic rings. The van der Waals surface area contributed by atoms with Gasteiger partial charge in [0.1, 0.15) is 41.9 Å².